The number of fused-ring (bicyclic) bond motifs is 1. The molecule has 0 saturated carbocycles. The number of nitrogens with zero attached hydrogens (tertiary/aromatic N) is 2. The van der Waals surface area contributed by atoms with Crippen molar-refractivity contribution in [2.45, 2.75) is 13.0 Å². The molecule has 1 aromatic carbocycles. The third kappa shape index (κ3) is 1.81. The normalized spacial score (nSPS) is 14.2. The van der Waals surface area contributed by atoms with E-state index in [1.165, 1.54) is 10.4 Å². The molecular weight excluding hydrogens is 228 g/mol. The lowest BCUT2D eigenvalue weighted by Gasteiger charge is -2.29. The fourth-order valence-electron chi connectivity index (χ4n) is 2.30. The number of rotatable bonds is 1. The van der Waals surface area contributed by atoms with Crippen LogP contribution in [0.25, 0.3) is 0 Å². The van der Waals surface area contributed by atoms with E-state index in [1.54, 1.807) is 0 Å². The van der Waals surface area contributed by atoms with Crippen molar-refractivity contribution >= 4 is 17.0 Å². The average Bonchev–Trinajstić information content (AvgIpc) is 2.85. The van der Waals surface area contributed by atoms with Gasteiger partial charge in [-0.2, -0.15) is 5.26 Å². The Balaban J connectivity index is 1.95. The van der Waals surface area contributed by atoms with Crippen molar-refractivity contribution in [1.29, 1.82) is 5.26 Å². The Bertz CT molecular complexity index is 580. The Morgan fingerprint density at radius 3 is 3.00 bits per heavy atom. The van der Waals surface area contributed by atoms with E-state index in [9.17, 15) is 0 Å². The molecule has 2 nitrogen and oxygen atoms in total. The van der Waals surface area contributed by atoms with E-state index in [2.05, 4.69) is 22.4 Å². The zero-order valence-electron chi connectivity index (χ0n) is 9.39. The van der Waals surface area contributed by atoms with Crippen molar-refractivity contribution in [3.05, 3.63) is 51.7 Å². The SMILES string of the molecule is N#Cc1ccccc1N1CCc2sccc2C1. The van der Waals surface area contributed by atoms with Gasteiger partial charge < -0.3 is 4.90 Å². The average molecular weight is 240 g/mol. The number of benzene rings is 1. The minimum absolute atomic E-state index is 0.770. The standard InChI is InChI=1S/C14H12N2S/c15-9-11-3-1-2-4-13(11)16-7-5-14-12(10-16)6-8-17-14/h1-4,6,8H,5,7,10H2. The minimum Gasteiger partial charge on any atom is -0.366 e. The molecule has 0 saturated heterocycles. The number of thiophene rings is 1. The molecule has 0 radical (unpaired) electrons. The molecule has 3 rings (SSSR count). The van der Waals surface area contributed by atoms with Crippen LogP contribution in [0, 0.1) is 11.3 Å². The topological polar surface area (TPSA) is 27.0 Å². The van der Waals surface area contributed by atoms with Gasteiger partial charge in [0, 0.05) is 18.0 Å². The summed E-state index contributed by atoms with van der Waals surface area (Å²) in [5.74, 6) is 0. The minimum atomic E-state index is 0.770. The summed E-state index contributed by atoms with van der Waals surface area (Å²) in [5, 5.41) is 11.3. The first-order chi connectivity index (χ1) is 8.38. The lowest BCUT2D eigenvalue weighted by Crippen LogP contribution is -2.29. The lowest BCUT2D eigenvalue weighted by molar-refractivity contribution is 0.743. The van der Waals surface area contributed by atoms with Crippen LogP contribution in [0.15, 0.2) is 35.7 Å². The summed E-state index contributed by atoms with van der Waals surface area (Å²) in [7, 11) is 0. The van der Waals surface area contributed by atoms with E-state index in [0.29, 0.717) is 0 Å². The van der Waals surface area contributed by atoms with Crippen LogP contribution in [0.1, 0.15) is 16.0 Å². The van der Waals surface area contributed by atoms with E-state index in [-0.39, 0.29) is 0 Å². The van der Waals surface area contributed by atoms with Crippen LogP contribution in [0.4, 0.5) is 5.69 Å². The van der Waals surface area contributed by atoms with Crippen LogP contribution >= 0.6 is 11.3 Å². The van der Waals surface area contributed by atoms with Gasteiger partial charge in [0.25, 0.3) is 0 Å². The highest BCUT2D eigenvalue weighted by molar-refractivity contribution is 7.10. The van der Waals surface area contributed by atoms with E-state index in [1.807, 2.05) is 35.6 Å². The van der Waals surface area contributed by atoms with Gasteiger partial charge in [0.2, 0.25) is 0 Å². The van der Waals surface area contributed by atoms with Gasteiger partial charge >= 0.3 is 0 Å². The van der Waals surface area contributed by atoms with E-state index < -0.39 is 0 Å². The summed E-state index contributed by atoms with van der Waals surface area (Å²) in [6.45, 7) is 1.93. The Kier molecular flexibility index (Phi) is 2.58. The summed E-state index contributed by atoms with van der Waals surface area (Å²) in [6, 6.07) is 12.3. The van der Waals surface area contributed by atoms with Crippen LogP contribution in [-0.2, 0) is 13.0 Å². The molecule has 1 aliphatic rings. The van der Waals surface area contributed by atoms with Crippen LogP contribution in [0.5, 0.6) is 0 Å². The van der Waals surface area contributed by atoms with Gasteiger partial charge in [-0.1, -0.05) is 12.1 Å². The van der Waals surface area contributed by atoms with Gasteiger partial charge in [0.1, 0.15) is 6.07 Å². The molecule has 0 spiro atoms. The quantitative estimate of drug-likeness (QED) is 0.765. The molecule has 2 heterocycles. The molecule has 17 heavy (non-hydrogen) atoms. The fourth-order valence-corrected chi connectivity index (χ4v) is 3.19. The molecular formula is C14H12N2S. The second-order valence-electron chi connectivity index (χ2n) is 4.17. The largest absolute Gasteiger partial charge is 0.366 e. The van der Waals surface area contributed by atoms with Crippen molar-refractivity contribution in [2.24, 2.45) is 0 Å². The smallest absolute Gasteiger partial charge is 0.101 e. The highest BCUT2D eigenvalue weighted by atomic mass is 32.1. The highest BCUT2D eigenvalue weighted by Gasteiger charge is 2.19. The van der Waals surface area contributed by atoms with Crippen LogP contribution in [-0.4, -0.2) is 6.54 Å². The van der Waals surface area contributed by atoms with Crippen molar-refractivity contribution in [1.82, 2.24) is 0 Å². The number of para-hydroxylation sites is 1. The summed E-state index contributed by atoms with van der Waals surface area (Å²) in [4.78, 5) is 3.80. The summed E-state index contributed by atoms with van der Waals surface area (Å²) >= 11 is 1.84. The fraction of sp³-hybridized carbons (Fsp3) is 0.214. The van der Waals surface area contributed by atoms with Gasteiger partial charge in [0.05, 0.1) is 11.3 Å². The molecule has 1 aliphatic heterocycles. The summed E-state index contributed by atoms with van der Waals surface area (Å²) in [5.41, 5.74) is 3.24. The first kappa shape index (κ1) is 10.4. The van der Waals surface area contributed by atoms with Crippen LogP contribution in [0.2, 0.25) is 0 Å². The summed E-state index contributed by atoms with van der Waals surface area (Å²) in [6.07, 6.45) is 1.09. The van der Waals surface area contributed by atoms with Crippen LogP contribution < -0.4 is 4.90 Å². The maximum atomic E-state index is 9.13. The molecule has 0 atom stereocenters. The monoisotopic (exact) mass is 240 g/mol. The molecule has 0 bridgehead atoms. The Morgan fingerprint density at radius 1 is 1.24 bits per heavy atom. The van der Waals surface area contributed by atoms with E-state index in [0.717, 1.165) is 30.8 Å². The molecule has 3 heteroatoms. The van der Waals surface area contributed by atoms with Crippen molar-refractivity contribution < 1.29 is 0 Å². The predicted octanol–water partition coefficient (Wildman–Crippen LogP) is 3.18. The van der Waals surface area contributed by atoms with E-state index in [4.69, 9.17) is 5.26 Å². The molecule has 1 aromatic heterocycles. The van der Waals surface area contributed by atoms with Gasteiger partial charge in [0.15, 0.2) is 0 Å². The molecule has 0 fully saturated rings. The molecule has 0 amide bonds. The molecule has 0 N–H and O–H groups in total. The predicted molar refractivity (Wildman–Crippen MR) is 70.2 cm³/mol. The Hall–Kier alpha value is -1.79. The third-order valence-electron chi connectivity index (χ3n) is 3.17. The molecule has 84 valence electrons. The second kappa shape index (κ2) is 4.23. The van der Waals surface area contributed by atoms with Gasteiger partial charge in [-0.3, -0.25) is 0 Å². The first-order valence-corrected chi connectivity index (χ1v) is 6.56. The van der Waals surface area contributed by atoms with Gasteiger partial charge in [-0.25, -0.2) is 0 Å². The van der Waals surface area contributed by atoms with Crippen LogP contribution in [0.3, 0.4) is 0 Å². The number of hydrogen-bond acceptors (Lipinski definition) is 3. The maximum absolute atomic E-state index is 9.13. The number of nitriles is 1. The molecule has 0 aliphatic carbocycles. The first-order valence-electron chi connectivity index (χ1n) is 5.68. The van der Waals surface area contributed by atoms with E-state index >= 15 is 0 Å². The molecule has 2 aromatic rings. The van der Waals surface area contributed by atoms with Crippen molar-refractivity contribution in [3.8, 4) is 6.07 Å². The molecule has 0 unspecified atom stereocenters. The van der Waals surface area contributed by atoms with Crippen molar-refractivity contribution in [2.75, 3.05) is 11.4 Å². The number of hydrogen-bond donors (Lipinski definition) is 0. The van der Waals surface area contributed by atoms with Gasteiger partial charge in [-0.15, -0.1) is 11.3 Å². The lowest BCUT2D eigenvalue weighted by atomic mass is 10.1. The third-order valence-corrected chi connectivity index (χ3v) is 4.20. The van der Waals surface area contributed by atoms with Crippen molar-refractivity contribution in [3.63, 3.8) is 0 Å². The Labute approximate surface area is 105 Å². The Morgan fingerprint density at radius 2 is 2.12 bits per heavy atom. The zero-order chi connectivity index (χ0) is 11.7. The highest BCUT2D eigenvalue weighted by Crippen LogP contribution is 2.29. The maximum Gasteiger partial charge on any atom is 0.101 e. The second-order valence-corrected chi connectivity index (χ2v) is 5.17. The summed E-state index contributed by atoms with van der Waals surface area (Å²) < 4.78 is 0. The number of anilines is 1. The van der Waals surface area contributed by atoms with Gasteiger partial charge in [-0.05, 0) is 35.6 Å². The zero-order valence-corrected chi connectivity index (χ0v) is 10.2.